The molecule has 0 bridgehead atoms. The van der Waals surface area contributed by atoms with Crippen LogP contribution < -0.4 is 0 Å². The van der Waals surface area contributed by atoms with E-state index >= 15 is 0 Å². The van der Waals surface area contributed by atoms with Gasteiger partial charge in [0.1, 0.15) is 11.6 Å². The van der Waals surface area contributed by atoms with Crippen LogP contribution in [0.4, 0.5) is 0 Å². The van der Waals surface area contributed by atoms with E-state index < -0.39 is 0 Å². The zero-order valence-corrected chi connectivity index (χ0v) is 14.9. The van der Waals surface area contributed by atoms with Gasteiger partial charge < -0.3 is 9.68 Å². The van der Waals surface area contributed by atoms with Crippen LogP contribution in [0.1, 0.15) is 11.1 Å². The van der Waals surface area contributed by atoms with E-state index in [0.29, 0.717) is 10.0 Å². The lowest BCUT2D eigenvalue weighted by atomic mass is 9.88. The van der Waals surface area contributed by atoms with Crippen molar-refractivity contribution in [2.45, 2.75) is 12.3 Å². The van der Waals surface area contributed by atoms with Crippen LogP contribution in [0.2, 0.25) is 10.0 Å². The molecular weight excluding hydrogens is 373 g/mol. The lowest BCUT2D eigenvalue weighted by Crippen LogP contribution is -2.47. The Morgan fingerprint density at radius 1 is 0.808 bits per heavy atom. The molecular formula is C19H13Cl2N3O2. The SMILES string of the molecule is Clc1ccc(C2=NO[C@H]3C=CN4C(c5ccc(Cl)cc5)=NO[C@H]4[C@H]23)cc1. The maximum Gasteiger partial charge on any atom is 0.217 e. The summed E-state index contributed by atoms with van der Waals surface area (Å²) in [5.41, 5.74) is 2.73. The molecule has 0 aliphatic carbocycles. The average molecular weight is 386 g/mol. The molecule has 7 heteroatoms. The van der Waals surface area contributed by atoms with E-state index in [9.17, 15) is 0 Å². The highest BCUT2D eigenvalue weighted by Gasteiger charge is 2.49. The summed E-state index contributed by atoms with van der Waals surface area (Å²) in [5, 5.41) is 9.96. The Kier molecular flexibility index (Phi) is 3.65. The molecule has 0 spiro atoms. The first-order chi connectivity index (χ1) is 12.7. The van der Waals surface area contributed by atoms with Gasteiger partial charge in [0, 0.05) is 27.4 Å². The molecule has 26 heavy (non-hydrogen) atoms. The first kappa shape index (κ1) is 15.7. The molecule has 5 nitrogen and oxygen atoms in total. The third kappa shape index (κ3) is 2.47. The predicted octanol–water partition coefficient (Wildman–Crippen LogP) is 4.26. The molecule has 0 fully saturated rings. The lowest BCUT2D eigenvalue weighted by molar-refractivity contribution is -0.0385. The van der Waals surface area contributed by atoms with Crippen molar-refractivity contribution in [2.75, 3.05) is 0 Å². The number of fused-ring (bicyclic) bond motifs is 3. The molecule has 0 aromatic heterocycles. The maximum atomic E-state index is 6.00. The molecule has 2 aromatic carbocycles. The fraction of sp³-hybridized carbons (Fsp3) is 0.158. The minimum Gasteiger partial charge on any atom is -0.387 e. The molecule has 3 aliphatic rings. The third-order valence-electron chi connectivity index (χ3n) is 4.69. The van der Waals surface area contributed by atoms with Gasteiger partial charge in [0.05, 0.1) is 0 Å². The second-order valence-corrected chi connectivity index (χ2v) is 7.12. The van der Waals surface area contributed by atoms with Gasteiger partial charge in [-0.3, -0.25) is 4.90 Å². The first-order valence-corrected chi connectivity index (χ1v) is 8.92. The maximum absolute atomic E-state index is 6.00. The average Bonchev–Trinajstić information content (AvgIpc) is 3.27. The summed E-state index contributed by atoms with van der Waals surface area (Å²) >= 11 is 12.0. The number of nitrogens with zero attached hydrogens (tertiary/aromatic N) is 3. The van der Waals surface area contributed by atoms with Crippen LogP contribution in [0.25, 0.3) is 0 Å². The van der Waals surface area contributed by atoms with Gasteiger partial charge in [-0.05, 0) is 42.5 Å². The van der Waals surface area contributed by atoms with E-state index in [4.69, 9.17) is 32.9 Å². The topological polar surface area (TPSA) is 46.4 Å². The van der Waals surface area contributed by atoms with Gasteiger partial charge in [-0.25, -0.2) is 0 Å². The highest BCUT2D eigenvalue weighted by atomic mass is 35.5. The van der Waals surface area contributed by atoms with Gasteiger partial charge >= 0.3 is 0 Å². The van der Waals surface area contributed by atoms with E-state index in [1.807, 2.05) is 65.7 Å². The summed E-state index contributed by atoms with van der Waals surface area (Å²) in [6, 6.07) is 15.1. The Labute approximate surface area is 160 Å². The molecule has 0 saturated carbocycles. The van der Waals surface area contributed by atoms with Gasteiger partial charge in [-0.2, -0.15) is 0 Å². The van der Waals surface area contributed by atoms with Crippen LogP contribution in [0, 0.1) is 5.92 Å². The van der Waals surface area contributed by atoms with E-state index in [1.165, 1.54) is 0 Å². The van der Waals surface area contributed by atoms with Gasteiger partial charge in [0.15, 0.2) is 11.9 Å². The quantitative estimate of drug-likeness (QED) is 0.775. The van der Waals surface area contributed by atoms with Crippen LogP contribution in [-0.4, -0.2) is 28.8 Å². The Balaban J connectivity index is 1.47. The normalized spacial score (nSPS) is 25.8. The summed E-state index contributed by atoms with van der Waals surface area (Å²) in [6.45, 7) is 0. The molecule has 130 valence electrons. The molecule has 0 saturated heterocycles. The van der Waals surface area contributed by atoms with Gasteiger partial charge in [0.2, 0.25) is 6.23 Å². The zero-order chi connectivity index (χ0) is 17.7. The molecule has 0 radical (unpaired) electrons. The molecule has 2 aromatic rings. The number of oxime groups is 2. The molecule has 3 heterocycles. The summed E-state index contributed by atoms with van der Waals surface area (Å²) < 4.78 is 0. The summed E-state index contributed by atoms with van der Waals surface area (Å²) in [5.74, 6) is 0.651. The monoisotopic (exact) mass is 385 g/mol. The van der Waals surface area contributed by atoms with E-state index in [0.717, 1.165) is 22.7 Å². The summed E-state index contributed by atoms with van der Waals surface area (Å²) in [4.78, 5) is 13.4. The van der Waals surface area contributed by atoms with Crippen LogP contribution in [-0.2, 0) is 9.68 Å². The third-order valence-corrected chi connectivity index (χ3v) is 5.20. The van der Waals surface area contributed by atoms with Crippen molar-refractivity contribution in [3.05, 3.63) is 82.0 Å². The van der Waals surface area contributed by atoms with E-state index in [1.54, 1.807) is 0 Å². The molecule has 3 atom stereocenters. The molecule has 0 amide bonds. The number of hydrogen-bond acceptors (Lipinski definition) is 5. The van der Waals surface area contributed by atoms with Crippen molar-refractivity contribution < 1.29 is 9.68 Å². The summed E-state index contributed by atoms with van der Waals surface area (Å²) in [7, 11) is 0. The predicted molar refractivity (Wildman–Crippen MR) is 100 cm³/mol. The van der Waals surface area contributed by atoms with Crippen LogP contribution in [0.3, 0.4) is 0 Å². The van der Waals surface area contributed by atoms with Crippen molar-refractivity contribution in [3.8, 4) is 0 Å². The molecule has 0 unspecified atom stereocenters. The van der Waals surface area contributed by atoms with E-state index in [2.05, 4.69) is 10.3 Å². The molecule has 3 aliphatic heterocycles. The Hall–Kier alpha value is -2.50. The largest absolute Gasteiger partial charge is 0.387 e. The van der Waals surface area contributed by atoms with Crippen LogP contribution in [0.5, 0.6) is 0 Å². The number of amidine groups is 1. The number of rotatable bonds is 2. The first-order valence-electron chi connectivity index (χ1n) is 8.17. The minimum atomic E-state index is -0.312. The Bertz CT molecular complexity index is 938. The number of benzene rings is 2. The van der Waals surface area contributed by atoms with Crippen molar-refractivity contribution in [1.82, 2.24) is 4.90 Å². The Morgan fingerprint density at radius 2 is 1.46 bits per heavy atom. The molecule has 5 rings (SSSR count). The van der Waals surface area contributed by atoms with Crippen molar-refractivity contribution >= 4 is 34.7 Å². The highest BCUT2D eigenvalue weighted by molar-refractivity contribution is 6.31. The second kappa shape index (κ2) is 6.04. The Morgan fingerprint density at radius 3 is 2.15 bits per heavy atom. The number of hydrogen-bond donors (Lipinski definition) is 0. The second-order valence-electron chi connectivity index (χ2n) is 6.25. The van der Waals surface area contributed by atoms with Gasteiger partial charge in [-0.1, -0.05) is 45.6 Å². The standard InChI is InChI=1S/C19H13Cl2N3O2/c20-13-5-1-11(2-6-13)17-16-15(25-22-17)9-10-24-18(23-26-19(16)24)12-3-7-14(21)8-4-12/h1-10,15-16,19H/t15-,16-,19-/m0/s1. The summed E-state index contributed by atoms with van der Waals surface area (Å²) in [6.07, 6.45) is 3.43. The minimum absolute atomic E-state index is 0.0882. The number of halogens is 2. The fourth-order valence-corrected chi connectivity index (χ4v) is 3.66. The van der Waals surface area contributed by atoms with E-state index in [-0.39, 0.29) is 18.2 Å². The van der Waals surface area contributed by atoms with Crippen molar-refractivity contribution in [3.63, 3.8) is 0 Å². The zero-order valence-electron chi connectivity index (χ0n) is 13.4. The molecule has 0 N–H and O–H groups in total. The van der Waals surface area contributed by atoms with Gasteiger partial charge in [0.25, 0.3) is 0 Å². The fourth-order valence-electron chi connectivity index (χ4n) is 3.41. The van der Waals surface area contributed by atoms with Crippen molar-refractivity contribution in [1.29, 1.82) is 0 Å². The lowest BCUT2D eigenvalue weighted by Gasteiger charge is -2.32. The van der Waals surface area contributed by atoms with Gasteiger partial charge in [-0.15, -0.1) is 0 Å². The van der Waals surface area contributed by atoms with Crippen LogP contribution >= 0.6 is 23.2 Å². The smallest absolute Gasteiger partial charge is 0.217 e. The van der Waals surface area contributed by atoms with Crippen molar-refractivity contribution in [2.24, 2.45) is 16.2 Å². The highest BCUT2D eigenvalue weighted by Crippen LogP contribution is 2.37. The van der Waals surface area contributed by atoms with Crippen LogP contribution in [0.15, 0.2) is 71.1 Å².